The molecule has 124 valence electrons. The van der Waals surface area contributed by atoms with Crippen LogP contribution in [-0.4, -0.2) is 21.8 Å². The van der Waals surface area contributed by atoms with Gasteiger partial charge in [-0.05, 0) is 18.9 Å². The molecule has 0 bridgehead atoms. The van der Waals surface area contributed by atoms with Crippen LogP contribution in [0, 0.1) is 20.2 Å². The van der Waals surface area contributed by atoms with E-state index in [1.165, 1.54) is 25.0 Å². The molecule has 0 spiro atoms. The Morgan fingerprint density at radius 3 is 2.30 bits per heavy atom. The maximum atomic E-state index is 12.1. The minimum atomic E-state index is -0.693. The molecule has 0 aromatic heterocycles. The zero-order chi connectivity index (χ0) is 16.8. The van der Waals surface area contributed by atoms with Crippen LogP contribution in [0.5, 0.6) is 0 Å². The van der Waals surface area contributed by atoms with E-state index in [2.05, 4.69) is 5.32 Å². The number of carbonyl (C=O) groups is 1. The first-order valence-corrected chi connectivity index (χ1v) is 7.68. The molecule has 0 aliphatic heterocycles. The molecule has 0 radical (unpaired) electrons. The number of rotatable bonds is 5. The Kier molecular flexibility index (Phi) is 5.61. The van der Waals surface area contributed by atoms with Crippen molar-refractivity contribution in [1.29, 1.82) is 0 Å². The predicted octanol–water partition coefficient (Wildman–Crippen LogP) is 2.88. The molecule has 1 aromatic rings. The Morgan fingerprint density at radius 1 is 1.09 bits per heavy atom. The highest BCUT2D eigenvalue weighted by Gasteiger charge is 2.22. The van der Waals surface area contributed by atoms with Gasteiger partial charge < -0.3 is 5.32 Å². The number of nitrogens with zero attached hydrogens (tertiary/aromatic N) is 2. The second kappa shape index (κ2) is 7.66. The topological polar surface area (TPSA) is 115 Å². The molecular formula is C15H19N3O5. The number of benzene rings is 1. The fourth-order valence-corrected chi connectivity index (χ4v) is 2.86. The Bertz CT molecular complexity index is 609. The highest BCUT2D eigenvalue weighted by Crippen LogP contribution is 2.25. The van der Waals surface area contributed by atoms with Gasteiger partial charge in [0.2, 0.25) is 5.91 Å². The predicted molar refractivity (Wildman–Crippen MR) is 83.1 cm³/mol. The van der Waals surface area contributed by atoms with Crippen LogP contribution in [0.2, 0.25) is 0 Å². The van der Waals surface area contributed by atoms with Crippen molar-refractivity contribution in [3.8, 4) is 0 Å². The third-order valence-corrected chi connectivity index (χ3v) is 4.05. The lowest BCUT2D eigenvalue weighted by Gasteiger charge is -2.16. The van der Waals surface area contributed by atoms with Gasteiger partial charge in [-0.3, -0.25) is 25.0 Å². The van der Waals surface area contributed by atoms with E-state index in [9.17, 15) is 25.0 Å². The molecule has 0 atom stereocenters. The lowest BCUT2D eigenvalue weighted by Crippen LogP contribution is -2.35. The summed E-state index contributed by atoms with van der Waals surface area (Å²) >= 11 is 0. The molecule has 1 aromatic carbocycles. The lowest BCUT2D eigenvalue weighted by atomic mass is 10.1. The highest BCUT2D eigenvalue weighted by atomic mass is 16.6. The summed E-state index contributed by atoms with van der Waals surface area (Å²) in [6.07, 6.45) is 6.18. The standard InChI is InChI=1S/C15H19N3O5/c19-15(16-12-5-3-1-2-4-6-12)9-11-7-8-13(17(20)21)10-14(11)18(22)23/h7-8,10,12H,1-6,9H2,(H,16,19). The number of nitro groups is 2. The van der Waals surface area contributed by atoms with Crippen LogP contribution < -0.4 is 5.32 Å². The third-order valence-electron chi connectivity index (χ3n) is 4.05. The zero-order valence-corrected chi connectivity index (χ0v) is 12.7. The Morgan fingerprint density at radius 2 is 1.74 bits per heavy atom. The SMILES string of the molecule is O=C(Cc1ccc([N+](=O)[O-])cc1[N+](=O)[O-])NC1CCCCCC1. The molecular weight excluding hydrogens is 302 g/mol. The molecule has 1 aliphatic rings. The molecule has 1 amide bonds. The van der Waals surface area contributed by atoms with E-state index in [1.807, 2.05) is 0 Å². The quantitative estimate of drug-likeness (QED) is 0.508. The van der Waals surface area contributed by atoms with E-state index in [0.717, 1.165) is 31.7 Å². The second-order valence-electron chi connectivity index (χ2n) is 5.76. The van der Waals surface area contributed by atoms with Crippen LogP contribution in [0.1, 0.15) is 44.1 Å². The smallest absolute Gasteiger partial charge is 0.279 e. The summed E-state index contributed by atoms with van der Waals surface area (Å²) in [6.45, 7) is 0. The van der Waals surface area contributed by atoms with Crippen LogP contribution in [0.3, 0.4) is 0 Å². The van der Waals surface area contributed by atoms with Gasteiger partial charge in [-0.2, -0.15) is 0 Å². The first-order valence-electron chi connectivity index (χ1n) is 7.68. The van der Waals surface area contributed by atoms with Crippen molar-refractivity contribution < 1.29 is 14.6 Å². The van der Waals surface area contributed by atoms with Gasteiger partial charge in [-0.25, -0.2) is 0 Å². The average molecular weight is 321 g/mol. The van der Waals surface area contributed by atoms with Gasteiger partial charge in [0.15, 0.2) is 0 Å². The Labute approximate surface area is 133 Å². The summed E-state index contributed by atoms with van der Waals surface area (Å²) in [6, 6.07) is 3.47. The highest BCUT2D eigenvalue weighted by molar-refractivity contribution is 5.80. The van der Waals surface area contributed by atoms with Crippen LogP contribution in [0.15, 0.2) is 18.2 Å². The molecule has 8 heteroatoms. The number of non-ortho nitro benzene ring substituents is 1. The normalized spacial score (nSPS) is 15.7. The van der Waals surface area contributed by atoms with Crippen molar-refractivity contribution in [3.05, 3.63) is 44.0 Å². The molecule has 0 saturated heterocycles. The zero-order valence-electron chi connectivity index (χ0n) is 12.7. The second-order valence-corrected chi connectivity index (χ2v) is 5.76. The first kappa shape index (κ1) is 16.9. The number of nitro benzene ring substituents is 2. The summed E-state index contributed by atoms with van der Waals surface area (Å²) in [5, 5.41) is 24.7. The van der Waals surface area contributed by atoms with Crippen molar-refractivity contribution in [2.75, 3.05) is 0 Å². The van der Waals surface area contributed by atoms with Crippen molar-refractivity contribution in [3.63, 3.8) is 0 Å². The first-order chi connectivity index (χ1) is 11.0. The van der Waals surface area contributed by atoms with Gasteiger partial charge in [0.1, 0.15) is 0 Å². The minimum absolute atomic E-state index is 0.113. The van der Waals surface area contributed by atoms with Crippen LogP contribution in [-0.2, 0) is 11.2 Å². The average Bonchev–Trinajstić information content (AvgIpc) is 2.75. The molecule has 0 heterocycles. The van der Waals surface area contributed by atoms with Crippen molar-refractivity contribution in [1.82, 2.24) is 5.32 Å². The Hall–Kier alpha value is -2.51. The number of nitrogens with one attached hydrogen (secondary N) is 1. The summed E-state index contributed by atoms with van der Waals surface area (Å²) in [4.78, 5) is 32.5. The summed E-state index contributed by atoms with van der Waals surface area (Å²) < 4.78 is 0. The maximum Gasteiger partial charge on any atom is 0.279 e. The van der Waals surface area contributed by atoms with Crippen LogP contribution in [0.4, 0.5) is 11.4 Å². The molecule has 1 saturated carbocycles. The summed E-state index contributed by atoms with van der Waals surface area (Å²) in [5.74, 6) is -0.283. The van der Waals surface area contributed by atoms with E-state index in [1.54, 1.807) is 0 Å². The van der Waals surface area contributed by atoms with Gasteiger partial charge in [0, 0.05) is 17.7 Å². The molecule has 8 nitrogen and oxygen atoms in total. The minimum Gasteiger partial charge on any atom is -0.353 e. The van der Waals surface area contributed by atoms with E-state index in [4.69, 9.17) is 0 Å². The molecule has 1 N–H and O–H groups in total. The van der Waals surface area contributed by atoms with E-state index < -0.39 is 15.5 Å². The van der Waals surface area contributed by atoms with Crippen LogP contribution in [0.25, 0.3) is 0 Å². The van der Waals surface area contributed by atoms with Crippen LogP contribution >= 0.6 is 0 Å². The number of hydrogen-bond donors (Lipinski definition) is 1. The lowest BCUT2D eigenvalue weighted by molar-refractivity contribution is -0.394. The Balaban J connectivity index is 2.07. The fourth-order valence-electron chi connectivity index (χ4n) is 2.86. The van der Waals surface area contributed by atoms with E-state index in [-0.39, 0.29) is 29.6 Å². The molecule has 2 rings (SSSR count). The molecule has 23 heavy (non-hydrogen) atoms. The van der Waals surface area contributed by atoms with Gasteiger partial charge in [0.25, 0.3) is 11.4 Å². The molecule has 0 unspecified atom stereocenters. The van der Waals surface area contributed by atoms with E-state index in [0.29, 0.717) is 0 Å². The van der Waals surface area contributed by atoms with Gasteiger partial charge >= 0.3 is 0 Å². The van der Waals surface area contributed by atoms with Crippen molar-refractivity contribution in [2.24, 2.45) is 0 Å². The number of amides is 1. The number of hydrogen-bond acceptors (Lipinski definition) is 5. The van der Waals surface area contributed by atoms with Gasteiger partial charge in [-0.15, -0.1) is 0 Å². The largest absolute Gasteiger partial charge is 0.353 e. The molecule has 1 fully saturated rings. The summed E-state index contributed by atoms with van der Waals surface area (Å²) in [7, 11) is 0. The van der Waals surface area contributed by atoms with Crippen molar-refractivity contribution >= 4 is 17.3 Å². The van der Waals surface area contributed by atoms with Gasteiger partial charge in [0.05, 0.1) is 22.3 Å². The number of carbonyl (C=O) groups excluding carboxylic acids is 1. The van der Waals surface area contributed by atoms with Gasteiger partial charge in [-0.1, -0.05) is 25.7 Å². The fraction of sp³-hybridized carbons (Fsp3) is 0.533. The monoisotopic (exact) mass is 321 g/mol. The van der Waals surface area contributed by atoms with E-state index >= 15 is 0 Å². The van der Waals surface area contributed by atoms with Crippen molar-refractivity contribution in [2.45, 2.75) is 51.0 Å². The third kappa shape index (κ3) is 4.73. The maximum absolute atomic E-state index is 12.1. The summed E-state index contributed by atoms with van der Waals surface area (Å²) in [5.41, 5.74) is -0.563. The molecule has 1 aliphatic carbocycles.